The molecule has 0 bridgehead atoms. The van der Waals surface area contributed by atoms with Gasteiger partial charge in [0.25, 0.3) is 5.69 Å². The Labute approximate surface area is 142 Å². The Morgan fingerprint density at radius 2 is 1.88 bits per heavy atom. The minimum Gasteiger partial charge on any atom is -0.258 e. The molecule has 24 heavy (non-hydrogen) atoms. The van der Waals surface area contributed by atoms with Gasteiger partial charge in [0.15, 0.2) is 5.82 Å². The van der Waals surface area contributed by atoms with Gasteiger partial charge in [-0.2, -0.15) is 5.10 Å². The molecule has 0 fully saturated rings. The van der Waals surface area contributed by atoms with Crippen molar-refractivity contribution in [2.75, 3.05) is 0 Å². The van der Waals surface area contributed by atoms with Crippen LogP contribution in [-0.4, -0.2) is 24.9 Å². The molecule has 0 aliphatic carbocycles. The Balaban J connectivity index is 1.66. The molecular weight excluding hydrogens is 326 g/mol. The summed E-state index contributed by atoms with van der Waals surface area (Å²) in [5.74, 6) is 1.35. The minimum atomic E-state index is -0.403. The fourth-order valence-electron chi connectivity index (χ4n) is 2.23. The van der Waals surface area contributed by atoms with Crippen molar-refractivity contribution in [2.45, 2.75) is 24.6 Å². The van der Waals surface area contributed by atoms with E-state index in [0.29, 0.717) is 11.6 Å². The SMILES string of the molecule is Cc1cc(C)n(-c2ccc(SCc3ccc([N+](=O)[O-])cc3)nn2)n1. The van der Waals surface area contributed by atoms with Crippen LogP contribution in [0.5, 0.6) is 0 Å². The molecule has 8 heteroatoms. The van der Waals surface area contributed by atoms with Gasteiger partial charge in [0.2, 0.25) is 0 Å². The van der Waals surface area contributed by atoms with E-state index < -0.39 is 4.92 Å². The average Bonchev–Trinajstić information content (AvgIpc) is 2.92. The minimum absolute atomic E-state index is 0.0952. The maximum absolute atomic E-state index is 10.6. The lowest BCUT2D eigenvalue weighted by molar-refractivity contribution is -0.384. The average molecular weight is 341 g/mol. The summed E-state index contributed by atoms with van der Waals surface area (Å²) < 4.78 is 1.76. The second-order valence-electron chi connectivity index (χ2n) is 5.28. The van der Waals surface area contributed by atoms with E-state index in [4.69, 9.17) is 0 Å². The quantitative estimate of drug-likeness (QED) is 0.401. The molecule has 122 valence electrons. The van der Waals surface area contributed by atoms with Crippen LogP contribution >= 0.6 is 11.8 Å². The molecule has 0 spiro atoms. The Morgan fingerprint density at radius 1 is 1.12 bits per heavy atom. The number of rotatable bonds is 5. The van der Waals surface area contributed by atoms with Crippen LogP contribution in [0.4, 0.5) is 5.69 Å². The molecule has 1 aromatic carbocycles. The highest BCUT2D eigenvalue weighted by Gasteiger charge is 2.07. The van der Waals surface area contributed by atoms with Crippen LogP contribution in [0.1, 0.15) is 17.0 Å². The van der Waals surface area contributed by atoms with Gasteiger partial charge in [-0.3, -0.25) is 10.1 Å². The normalized spacial score (nSPS) is 10.8. The van der Waals surface area contributed by atoms with Gasteiger partial charge < -0.3 is 0 Å². The predicted octanol–water partition coefficient (Wildman–Crippen LogP) is 3.48. The van der Waals surface area contributed by atoms with Crippen molar-refractivity contribution < 1.29 is 4.92 Å². The zero-order chi connectivity index (χ0) is 17.1. The monoisotopic (exact) mass is 341 g/mol. The zero-order valence-corrected chi connectivity index (χ0v) is 14.0. The number of hydrogen-bond acceptors (Lipinski definition) is 6. The van der Waals surface area contributed by atoms with Crippen LogP contribution in [-0.2, 0) is 5.75 Å². The molecular formula is C16H15N5O2S. The second-order valence-corrected chi connectivity index (χ2v) is 6.28. The Morgan fingerprint density at radius 3 is 2.42 bits per heavy atom. The predicted molar refractivity (Wildman–Crippen MR) is 91.3 cm³/mol. The third-order valence-corrected chi connectivity index (χ3v) is 4.38. The van der Waals surface area contributed by atoms with Crippen molar-refractivity contribution in [1.29, 1.82) is 0 Å². The largest absolute Gasteiger partial charge is 0.269 e. The molecule has 0 aliphatic rings. The molecule has 0 saturated carbocycles. The molecule has 0 N–H and O–H groups in total. The lowest BCUT2D eigenvalue weighted by Gasteiger charge is -2.04. The van der Waals surface area contributed by atoms with E-state index in [1.54, 1.807) is 16.8 Å². The fraction of sp³-hybridized carbons (Fsp3) is 0.188. The van der Waals surface area contributed by atoms with Gasteiger partial charge in [-0.25, -0.2) is 4.68 Å². The van der Waals surface area contributed by atoms with Crippen LogP contribution in [0.2, 0.25) is 0 Å². The maximum atomic E-state index is 10.6. The highest BCUT2D eigenvalue weighted by atomic mass is 32.2. The summed E-state index contributed by atoms with van der Waals surface area (Å²) >= 11 is 1.53. The molecule has 3 rings (SSSR count). The van der Waals surface area contributed by atoms with E-state index in [1.807, 2.05) is 32.0 Å². The molecule has 7 nitrogen and oxygen atoms in total. The number of aromatic nitrogens is 4. The summed E-state index contributed by atoms with van der Waals surface area (Å²) in [6.45, 7) is 3.91. The van der Waals surface area contributed by atoms with E-state index in [1.165, 1.54) is 23.9 Å². The van der Waals surface area contributed by atoms with Crippen LogP contribution < -0.4 is 0 Å². The summed E-state index contributed by atoms with van der Waals surface area (Å²) in [6, 6.07) is 12.3. The summed E-state index contributed by atoms with van der Waals surface area (Å²) in [5.41, 5.74) is 3.03. The number of non-ortho nitro benzene ring substituents is 1. The lowest BCUT2D eigenvalue weighted by atomic mass is 10.2. The van der Waals surface area contributed by atoms with E-state index in [0.717, 1.165) is 22.0 Å². The van der Waals surface area contributed by atoms with Gasteiger partial charge in [-0.05, 0) is 37.6 Å². The first-order valence-corrected chi connectivity index (χ1v) is 8.25. The summed E-state index contributed by atoms with van der Waals surface area (Å²) in [6.07, 6.45) is 0. The van der Waals surface area contributed by atoms with Crippen molar-refractivity contribution in [3.63, 3.8) is 0 Å². The topological polar surface area (TPSA) is 86.7 Å². The van der Waals surface area contributed by atoms with E-state index in [2.05, 4.69) is 15.3 Å². The van der Waals surface area contributed by atoms with Gasteiger partial charge >= 0.3 is 0 Å². The highest BCUT2D eigenvalue weighted by molar-refractivity contribution is 7.98. The molecule has 0 atom stereocenters. The zero-order valence-electron chi connectivity index (χ0n) is 13.2. The van der Waals surface area contributed by atoms with E-state index in [-0.39, 0.29) is 5.69 Å². The van der Waals surface area contributed by atoms with E-state index >= 15 is 0 Å². The maximum Gasteiger partial charge on any atom is 0.269 e. The van der Waals surface area contributed by atoms with Gasteiger partial charge in [0.1, 0.15) is 5.03 Å². The summed E-state index contributed by atoms with van der Waals surface area (Å²) in [4.78, 5) is 10.2. The molecule has 0 aliphatic heterocycles. The molecule has 0 saturated heterocycles. The number of nitrogens with zero attached hydrogens (tertiary/aromatic N) is 5. The number of thioether (sulfide) groups is 1. The summed E-state index contributed by atoms with van der Waals surface area (Å²) in [5, 5.41) is 24.2. The van der Waals surface area contributed by atoms with Crippen LogP contribution in [0.15, 0.2) is 47.5 Å². The summed E-state index contributed by atoms with van der Waals surface area (Å²) in [7, 11) is 0. The smallest absolute Gasteiger partial charge is 0.258 e. The van der Waals surface area contributed by atoms with Gasteiger partial charge in [-0.1, -0.05) is 23.9 Å². The lowest BCUT2D eigenvalue weighted by Crippen LogP contribution is -2.03. The molecule has 2 heterocycles. The second kappa shape index (κ2) is 6.79. The molecule has 0 amide bonds. The Kier molecular flexibility index (Phi) is 4.57. The van der Waals surface area contributed by atoms with Crippen molar-refractivity contribution in [2.24, 2.45) is 0 Å². The molecule has 0 radical (unpaired) electrons. The molecule has 2 aromatic heterocycles. The first-order valence-electron chi connectivity index (χ1n) is 7.26. The van der Waals surface area contributed by atoms with Crippen molar-refractivity contribution in [3.05, 3.63) is 69.5 Å². The van der Waals surface area contributed by atoms with Gasteiger partial charge in [0, 0.05) is 23.6 Å². The number of nitro benzene ring substituents is 1. The number of benzene rings is 1. The Bertz CT molecular complexity index is 859. The molecule has 3 aromatic rings. The van der Waals surface area contributed by atoms with Gasteiger partial charge in [-0.15, -0.1) is 10.2 Å². The highest BCUT2D eigenvalue weighted by Crippen LogP contribution is 2.22. The first kappa shape index (κ1) is 16.1. The number of aryl methyl sites for hydroxylation is 2. The fourth-order valence-corrected chi connectivity index (χ4v) is 3.00. The number of nitro groups is 1. The number of hydrogen-bond donors (Lipinski definition) is 0. The van der Waals surface area contributed by atoms with Crippen LogP contribution in [0, 0.1) is 24.0 Å². The third kappa shape index (κ3) is 3.60. The third-order valence-electron chi connectivity index (χ3n) is 3.39. The standard InChI is InChI=1S/C16H15N5O2S/c1-11-9-12(2)20(19-11)15-7-8-16(18-17-15)24-10-13-3-5-14(6-4-13)21(22)23/h3-9H,10H2,1-2H3. The van der Waals surface area contributed by atoms with E-state index in [9.17, 15) is 10.1 Å². The van der Waals surface area contributed by atoms with Crippen LogP contribution in [0.25, 0.3) is 5.82 Å². The Hall–Kier alpha value is -2.74. The van der Waals surface area contributed by atoms with Crippen molar-refractivity contribution in [3.8, 4) is 5.82 Å². The van der Waals surface area contributed by atoms with Gasteiger partial charge in [0.05, 0.1) is 10.6 Å². The first-order chi connectivity index (χ1) is 11.5. The molecule has 0 unspecified atom stereocenters. The van der Waals surface area contributed by atoms with Crippen LogP contribution in [0.3, 0.4) is 0 Å². The van der Waals surface area contributed by atoms with Crippen molar-refractivity contribution >= 4 is 17.4 Å². The van der Waals surface area contributed by atoms with Crippen molar-refractivity contribution in [1.82, 2.24) is 20.0 Å².